The summed E-state index contributed by atoms with van der Waals surface area (Å²) < 4.78 is 15.1. The fourth-order valence-electron chi connectivity index (χ4n) is 2.70. The third-order valence-electron chi connectivity index (χ3n) is 3.99. The number of carbonyl (C=O) groups excluding carboxylic acids is 1. The van der Waals surface area contributed by atoms with Crippen molar-refractivity contribution in [2.24, 2.45) is 0 Å². The van der Waals surface area contributed by atoms with Crippen LogP contribution in [0.4, 0.5) is 10.1 Å². The monoisotopic (exact) mass is 346 g/mol. The second-order valence-corrected chi connectivity index (χ2v) is 5.98. The fourth-order valence-corrected chi connectivity index (χ4v) is 2.70. The van der Waals surface area contributed by atoms with Crippen LogP contribution in [0.2, 0.25) is 0 Å². The lowest BCUT2D eigenvalue weighted by atomic mass is 10.1. The third kappa shape index (κ3) is 3.17. The highest BCUT2D eigenvalue weighted by Gasteiger charge is 2.09. The minimum Gasteiger partial charge on any atom is -0.321 e. The maximum atomic E-state index is 13.1. The average molecular weight is 346 g/mol. The third-order valence-corrected chi connectivity index (χ3v) is 3.99. The summed E-state index contributed by atoms with van der Waals surface area (Å²) in [6, 6.07) is 15.4. The Morgan fingerprint density at radius 1 is 1.00 bits per heavy atom. The Morgan fingerprint density at radius 2 is 1.81 bits per heavy atom. The van der Waals surface area contributed by atoms with E-state index in [4.69, 9.17) is 0 Å². The second kappa shape index (κ2) is 6.40. The number of hydrogen-bond acceptors (Lipinski definition) is 3. The predicted octanol–water partition coefficient (Wildman–Crippen LogP) is 4.10. The number of nitrogens with zero attached hydrogens (tertiary/aromatic N) is 3. The first-order valence-electron chi connectivity index (χ1n) is 8.08. The van der Waals surface area contributed by atoms with E-state index in [2.05, 4.69) is 15.3 Å². The van der Waals surface area contributed by atoms with Gasteiger partial charge >= 0.3 is 0 Å². The molecular weight excluding hydrogens is 331 g/mol. The lowest BCUT2D eigenvalue weighted by Crippen LogP contribution is -2.14. The summed E-state index contributed by atoms with van der Waals surface area (Å²) >= 11 is 0. The molecule has 1 aromatic carbocycles. The molecule has 3 heterocycles. The maximum Gasteiger partial charge on any atom is 0.274 e. The highest BCUT2D eigenvalue weighted by Crippen LogP contribution is 2.22. The average Bonchev–Trinajstić information content (AvgIpc) is 3.05. The molecule has 0 aliphatic rings. The summed E-state index contributed by atoms with van der Waals surface area (Å²) in [7, 11) is 0. The van der Waals surface area contributed by atoms with Crippen molar-refractivity contribution in [3.05, 3.63) is 84.2 Å². The van der Waals surface area contributed by atoms with Gasteiger partial charge in [0.25, 0.3) is 5.91 Å². The predicted molar refractivity (Wildman–Crippen MR) is 97.5 cm³/mol. The van der Waals surface area contributed by atoms with Crippen LogP contribution in [0, 0.1) is 12.9 Å². The molecule has 0 radical (unpaired) electrons. The van der Waals surface area contributed by atoms with Crippen LogP contribution in [-0.2, 0) is 0 Å². The Labute approximate surface area is 149 Å². The van der Waals surface area contributed by atoms with E-state index >= 15 is 0 Å². The molecule has 3 aromatic heterocycles. The number of nitrogens with one attached hydrogen (secondary N) is 1. The summed E-state index contributed by atoms with van der Waals surface area (Å²) in [5.41, 5.74) is 4.45. The van der Waals surface area contributed by atoms with Gasteiger partial charge in [0.05, 0.1) is 5.69 Å². The normalized spacial score (nSPS) is 10.8. The minimum absolute atomic E-state index is 0.0322. The van der Waals surface area contributed by atoms with Crippen molar-refractivity contribution < 1.29 is 9.18 Å². The molecule has 0 saturated carbocycles. The fraction of sp³-hybridized carbons (Fsp3) is 0.0500. The van der Waals surface area contributed by atoms with Crippen LogP contribution in [-0.4, -0.2) is 20.3 Å². The minimum atomic E-state index is -0.685. The topological polar surface area (TPSA) is 59.3 Å². The van der Waals surface area contributed by atoms with Gasteiger partial charge in [-0.1, -0.05) is 24.3 Å². The van der Waals surface area contributed by atoms with E-state index < -0.39 is 11.9 Å². The van der Waals surface area contributed by atoms with E-state index in [0.717, 1.165) is 22.5 Å². The molecular formula is C20H15FN4O. The first-order valence-corrected chi connectivity index (χ1v) is 8.08. The quantitative estimate of drug-likeness (QED) is 0.568. The summed E-state index contributed by atoms with van der Waals surface area (Å²) in [4.78, 5) is 20.3. The number of halogens is 1. The lowest BCUT2D eigenvalue weighted by Gasteiger charge is -2.05. The van der Waals surface area contributed by atoms with Gasteiger partial charge in [-0.2, -0.15) is 4.39 Å². The molecule has 4 rings (SSSR count). The first kappa shape index (κ1) is 16.0. The Hall–Kier alpha value is -3.54. The Kier molecular flexibility index (Phi) is 3.93. The van der Waals surface area contributed by atoms with Crippen molar-refractivity contribution >= 4 is 17.2 Å². The van der Waals surface area contributed by atoms with Gasteiger partial charge in [0.15, 0.2) is 0 Å². The van der Waals surface area contributed by atoms with Crippen molar-refractivity contribution in [2.45, 2.75) is 6.92 Å². The molecule has 0 aliphatic heterocycles. The molecule has 4 aromatic rings. The highest BCUT2D eigenvalue weighted by molar-refractivity contribution is 6.02. The first-order chi connectivity index (χ1) is 12.6. The molecule has 1 amide bonds. The van der Waals surface area contributed by atoms with Crippen LogP contribution in [0.15, 0.2) is 67.0 Å². The Morgan fingerprint density at radius 3 is 2.58 bits per heavy atom. The standard InChI is InChI=1S/C20H15FN4O/c1-13-5-10-19-24-17(12-25(19)11-13)14-6-8-15(9-7-14)22-20(26)16-3-2-4-18(21)23-16/h2-12H,1H3,(H,22,26). The van der Waals surface area contributed by atoms with Gasteiger partial charge < -0.3 is 9.72 Å². The number of fused-ring (bicyclic) bond motifs is 1. The SMILES string of the molecule is Cc1ccc2nc(-c3ccc(NC(=O)c4cccc(F)n4)cc3)cn2c1. The van der Waals surface area contributed by atoms with Crippen molar-refractivity contribution in [3.63, 3.8) is 0 Å². The molecule has 0 fully saturated rings. The van der Waals surface area contributed by atoms with Crippen molar-refractivity contribution in [2.75, 3.05) is 5.32 Å². The van der Waals surface area contributed by atoms with Crippen molar-refractivity contribution in [3.8, 4) is 11.3 Å². The number of rotatable bonds is 3. The Bertz CT molecular complexity index is 1100. The van der Waals surface area contributed by atoms with Crippen LogP contribution < -0.4 is 5.32 Å². The summed E-state index contributed by atoms with van der Waals surface area (Å²) in [5, 5.41) is 2.70. The molecule has 1 N–H and O–H groups in total. The van der Waals surface area contributed by atoms with Gasteiger partial charge in [0.2, 0.25) is 5.95 Å². The van der Waals surface area contributed by atoms with Crippen LogP contribution in [0.3, 0.4) is 0 Å². The number of pyridine rings is 2. The zero-order valence-electron chi connectivity index (χ0n) is 14.0. The highest BCUT2D eigenvalue weighted by atomic mass is 19.1. The number of aryl methyl sites for hydroxylation is 1. The van der Waals surface area contributed by atoms with Crippen molar-refractivity contribution in [1.82, 2.24) is 14.4 Å². The van der Waals surface area contributed by atoms with Crippen LogP contribution >= 0.6 is 0 Å². The second-order valence-electron chi connectivity index (χ2n) is 5.98. The van der Waals surface area contributed by atoms with Gasteiger partial charge in [0.1, 0.15) is 11.3 Å². The molecule has 26 heavy (non-hydrogen) atoms. The van der Waals surface area contributed by atoms with E-state index in [0.29, 0.717) is 5.69 Å². The van der Waals surface area contributed by atoms with Gasteiger partial charge in [-0.15, -0.1) is 0 Å². The van der Waals surface area contributed by atoms with E-state index in [1.807, 2.05) is 48.0 Å². The molecule has 0 bridgehead atoms. The van der Waals surface area contributed by atoms with Gasteiger partial charge in [-0.3, -0.25) is 4.79 Å². The van der Waals surface area contributed by atoms with Gasteiger partial charge in [-0.25, -0.2) is 9.97 Å². The summed E-state index contributed by atoms with van der Waals surface area (Å²) in [6.07, 6.45) is 3.99. The summed E-state index contributed by atoms with van der Waals surface area (Å²) in [5.74, 6) is -1.14. The smallest absolute Gasteiger partial charge is 0.274 e. The molecule has 0 saturated heterocycles. The Balaban J connectivity index is 1.55. The van der Waals surface area contributed by atoms with E-state index in [1.165, 1.54) is 18.2 Å². The molecule has 0 atom stereocenters. The van der Waals surface area contributed by atoms with Gasteiger partial charge in [0, 0.05) is 23.6 Å². The molecule has 6 heteroatoms. The molecule has 128 valence electrons. The zero-order valence-corrected chi connectivity index (χ0v) is 14.0. The lowest BCUT2D eigenvalue weighted by molar-refractivity contribution is 0.102. The number of carbonyl (C=O) groups is 1. The van der Waals surface area contributed by atoms with E-state index in [1.54, 1.807) is 12.1 Å². The number of amides is 1. The van der Waals surface area contributed by atoms with Crippen LogP contribution in [0.5, 0.6) is 0 Å². The molecule has 0 aliphatic carbocycles. The van der Waals surface area contributed by atoms with Crippen LogP contribution in [0.1, 0.15) is 16.1 Å². The maximum absolute atomic E-state index is 13.1. The molecule has 5 nitrogen and oxygen atoms in total. The number of imidazole rings is 1. The summed E-state index contributed by atoms with van der Waals surface area (Å²) in [6.45, 7) is 2.03. The van der Waals surface area contributed by atoms with Crippen molar-refractivity contribution in [1.29, 1.82) is 0 Å². The number of hydrogen-bond donors (Lipinski definition) is 1. The number of anilines is 1. The molecule has 0 spiro atoms. The van der Waals surface area contributed by atoms with E-state index in [9.17, 15) is 9.18 Å². The largest absolute Gasteiger partial charge is 0.321 e. The van der Waals surface area contributed by atoms with Crippen LogP contribution in [0.25, 0.3) is 16.9 Å². The molecule has 0 unspecified atom stereocenters. The number of aromatic nitrogens is 3. The van der Waals surface area contributed by atoms with Gasteiger partial charge in [-0.05, 0) is 42.8 Å². The zero-order chi connectivity index (χ0) is 18.1. The number of benzene rings is 1. The van der Waals surface area contributed by atoms with E-state index in [-0.39, 0.29) is 5.69 Å².